The van der Waals surface area contributed by atoms with Gasteiger partial charge in [-0.15, -0.1) is 0 Å². The Hall–Kier alpha value is -1.83. The highest BCUT2D eigenvalue weighted by Crippen LogP contribution is 2.26. The van der Waals surface area contributed by atoms with E-state index in [4.69, 9.17) is 0 Å². The van der Waals surface area contributed by atoms with E-state index in [1.807, 2.05) is 12.1 Å². The van der Waals surface area contributed by atoms with E-state index in [1.165, 1.54) is 5.56 Å². The molecule has 2 rings (SSSR count). The molecule has 0 spiro atoms. The van der Waals surface area contributed by atoms with Gasteiger partial charge >= 0.3 is 0 Å². The van der Waals surface area contributed by atoms with Crippen LogP contribution in [-0.4, -0.2) is 10.1 Å². The van der Waals surface area contributed by atoms with Crippen molar-refractivity contribution in [2.75, 3.05) is 0 Å². The van der Waals surface area contributed by atoms with Crippen LogP contribution in [0.15, 0.2) is 42.6 Å². The molecule has 2 aromatic rings. The van der Waals surface area contributed by atoms with Crippen LogP contribution in [0.25, 0.3) is 11.3 Å². The number of rotatable bonds is 3. The Labute approximate surface area is 95.6 Å². The molecule has 2 heteroatoms. The highest BCUT2D eigenvalue weighted by molar-refractivity contribution is 5.66. The van der Waals surface area contributed by atoms with Gasteiger partial charge in [0.15, 0.2) is 0 Å². The van der Waals surface area contributed by atoms with Crippen LogP contribution in [0.4, 0.5) is 0 Å². The molecule has 16 heavy (non-hydrogen) atoms. The SMILES string of the molecule is CCCc1cccc(-c2ncccc2O)c1. The number of benzene rings is 1. The number of aromatic hydroxyl groups is 1. The van der Waals surface area contributed by atoms with Crippen LogP contribution in [0, 0.1) is 0 Å². The molecule has 2 nitrogen and oxygen atoms in total. The minimum atomic E-state index is 0.233. The number of hydrogen-bond donors (Lipinski definition) is 1. The third-order valence-electron chi connectivity index (χ3n) is 2.53. The van der Waals surface area contributed by atoms with Crippen LogP contribution in [-0.2, 0) is 6.42 Å². The minimum absolute atomic E-state index is 0.233. The van der Waals surface area contributed by atoms with Crippen LogP contribution < -0.4 is 0 Å². The first-order chi connectivity index (χ1) is 7.81. The van der Waals surface area contributed by atoms with Gasteiger partial charge in [-0.1, -0.05) is 31.5 Å². The third-order valence-corrected chi connectivity index (χ3v) is 2.53. The molecule has 1 N–H and O–H groups in total. The fraction of sp³-hybridized carbons (Fsp3) is 0.214. The molecule has 0 fully saturated rings. The minimum Gasteiger partial charge on any atom is -0.506 e. The summed E-state index contributed by atoms with van der Waals surface area (Å²) in [7, 11) is 0. The summed E-state index contributed by atoms with van der Waals surface area (Å²) in [4.78, 5) is 4.20. The number of nitrogens with zero attached hydrogens (tertiary/aromatic N) is 1. The molecule has 0 aliphatic heterocycles. The lowest BCUT2D eigenvalue weighted by Crippen LogP contribution is -1.87. The molecule has 1 aromatic heterocycles. The molecule has 0 bridgehead atoms. The molecule has 0 atom stereocenters. The number of aryl methyl sites for hydroxylation is 1. The van der Waals surface area contributed by atoms with Gasteiger partial charge in [0.1, 0.15) is 11.4 Å². The van der Waals surface area contributed by atoms with Gasteiger partial charge in [-0.05, 0) is 30.2 Å². The summed E-state index contributed by atoms with van der Waals surface area (Å²) >= 11 is 0. The van der Waals surface area contributed by atoms with Gasteiger partial charge in [-0.2, -0.15) is 0 Å². The monoisotopic (exact) mass is 213 g/mol. The van der Waals surface area contributed by atoms with Crippen LogP contribution in [0.1, 0.15) is 18.9 Å². The van der Waals surface area contributed by atoms with Crippen molar-refractivity contribution < 1.29 is 5.11 Å². The van der Waals surface area contributed by atoms with Crippen LogP contribution in [0.2, 0.25) is 0 Å². The fourth-order valence-electron chi connectivity index (χ4n) is 1.78. The summed E-state index contributed by atoms with van der Waals surface area (Å²) in [5.74, 6) is 0.233. The zero-order valence-electron chi connectivity index (χ0n) is 9.35. The molecule has 0 radical (unpaired) electrons. The van der Waals surface area contributed by atoms with Crippen LogP contribution in [0.5, 0.6) is 5.75 Å². The molecule has 0 unspecified atom stereocenters. The second-order valence-electron chi connectivity index (χ2n) is 3.82. The maximum Gasteiger partial charge on any atom is 0.141 e. The van der Waals surface area contributed by atoms with Gasteiger partial charge < -0.3 is 5.11 Å². The number of hydrogen-bond acceptors (Lipinski definition) is 2. The van der Waals surface area contributed by atoms with E-state index in [0.717, 1.165) is 18.4 Å². The molecule has 0 aliphatic rings. The highest BCUT2D eigenvalue weighted by atomic mass is 16.3. The first kappa shape index (κ1) is 10.7. The van der Waals surface area contributed by atoms with E-state index in [0.29, 0.717) is 5.69 Å². The summed E-state index contributed by atoms with van der Waals surface area (Å²) in [6.07, 6.45) is 3.88. The molecule has 0 amide bonds. The molecule has 1 aromatic carbocycles. The first-order valence-electron chi connectivity index (χ1n) is 5.54. The van der Waals surface area contributed by atoms with Crippen molar-refractivity contribution in [1.29, 1.82) is 0 Å². The molecule has 1 heterocycles. The first-order valence-corrected chi connectivity index (χ1v) is 5.54. The van der Waals surface area contributed by atoms with E-state index in [-0.39, 0.29) is 5.75 Å². The Morgan fingerprint density at radius 1 is 1.19 bits per heavy atom. The maximum absolute atomic E-state index is 9.72. The Bertz CT molecular complexity index is 480. The van der Waals surface area contributed by atoms with E-state index >= 15 is 0 Å². The van der Waals surface area contributed by atoms with Gasteiger partial charge in [-0.3, -0.25) is 4.98 Å². The zero-order chi connectivity index (χ0) is 11.4. The average Bonchev–Trinajstić information content (AvgIpc) is 2.30. The summed E-state index contributed by atoms with van der Waals surface area (Å²) in [6, 6.07) is 11.6. The summed E-state index contributed by atoms with van der Waals surface area (Å²) in [5.41, 5.74) is 2.91. The third kappa shape index (κ3) is 2.22. The molecular formula is C14H15NO. The lowest BCUT2D eigenvalue weighted by Gasteiger charge is -2.05. The van der Waals surface area contributed by atoms with E-state index in [9.17, 15) is 5.11 Å². The Kier molecular flexibility index (Phi) is 3.20. The van der Waals surface area contributed by atoms with Crippen LogP contribution in [0.3, 0.4) is 0 Å². The van der Waals surface area contributed by atoms with Gasteiger partial charge in [0, 0.05) is 11.8 Å². The summed E-state index contributed by atoms with van der Waals surface area (Å²) in [5, 5.41) is 9.72. The van der Waals surface area contributed by atoms with Crippen molar-refractivity contribution in [1.82, 2.24) is 4.98 Å². The zero-order valence-corrected chi connectivity index (χ0v) is 9.35. The highest BCUT2D eigenvalue weighted by Gasteiger charge is 2.04. The van der Waals surface area contributed by atoms with Crippen molar-refractivity contribution in [3.8, 4) is 17.0 Å². The van der Waals surface area contributed by atoms with Crippen molar-refractivity contribution >= 4 is 0 Å². The summed E-state index contributed by atoms with van der Waals surface area (Å²) < 4.78 is 0. The molecule has 0 aliphatic carbocycles. The number of aromatic nitrogens is 1. The van der Waals surface area contributed by atoms with Gasteiger partial charge in [-0.25, -0.2) is 0 Å². The van der Waals surface area contributed by atoms with Crippen molar-refractivity contribution in [2.24, 2.45) is 0 Å². The quantitative estimate of drug-likeness (QED) is 0.847. The Morgan fingerprint density at radius 3 is 2.81 bits per heavy atom. The fourth-order valence-corrected chi connectivity index (χ4v) is 1.78. The van der Waals surface area contributed by atoms with Gasteiger partial charge in [0.2, 0.25) is 0 Å². The summed E-state index contributed by atoms with van der Waals surface area (Å²) in [6.45, 7) is 2.16. The average molecular weight is 213 g/mol. The van der Waals surface area contributed by atoms with Crippen molar-refractivity contribution in [3.05, 3.63) is 48.2 Å². The van der Waals surface area contributed by atoms with Gasteiger partial charge in [0.05, 0.1) is 0 Å². The molecular weight excluding hydrogens is 198 g/mol. The van der Waals surface area contributed by atoms with E-state index in [2.05, 4.69) is 24.0 Å². The second-order valence-corrected chi connectivity index (χ2v) is 3.82. The molecule has 82 valence electrons. The van der Waals surface area contributed by atoms with E-state index in [1.54, 1.807) is 18.3 Å². The standard InChI is InChI=1S/C14H15NO/c1-2-5-11-6-3-7-12(10-11)14-13(16)8-4-9-15-14/h3-4,6-10,16H,2,5H2,1H3. The van der Waals surface area contributed by atoms with E-state index < -0.39 is 0 Å². The predicted octanol–water partition coefficient (Wildman–Crippen LogP) is 3.41. The number of pyridine rings is 1. The van der Waals surface area contributed by atoms with Crippen molar-refractivity contribution in [3.63, 3.8) is 0 Å². The lowest BCUT2D eigenvalue weighted by molar-refractivity contribution is 0.475. The predicted molar refractivity (Wildman–Crippen MR) is 65.3 cm³/mol. The molecule has 0 saturated heterocycles. The largest absolute Gasteiger partial charge is 0.506 e. The van der Waals surface area contributed by atoms with Gasteiger partial charge in [0.25, 0.3) is 0 Å². The van der Waals surface area contributed by atoms with Crippen molar-refractivity contribution in [2.45, 2.75) is 19.8 Å². The van der Waals surface area contributed by atoms with Crippen LogP contribution >= 0.6 is 0 Å². The Balaban J connectivity index is 2.40. The normalized spacial score (nSPS) is 10.3. The Morgan fingerprint density at radius 2 is 2.06 bits per heavy atom. The lowest BCUT2D eigenvalue weighted by atomic mass is 10.0. The second kappa shape index (κ2) is 4.79. The molecule has 0 saturated carbocycles. The smallest absolute Gasteiger partial charge is 0.141 e. The topological polar surface area (TPSA) is 33.1 Å². The maximum atomic E-state index is 9.72.